The molecule has 3 aromatic heterocycles. The molecule has 0 spiro atoms. The molecule has 0 radical (unpaired) electrons. The fourth-order valence-corrected chi connectivity index (χ4v) is 3.05. The molecule has 0 saturated carbocycles. The molecule has 0 atom stereocenters. The SMILES string of the molecule is Cc1cc(-c2nn3c(-c4ccc(Cl)cc4F)nnc3s2)n[nH]1. The Hall–Kier alpha value is -2.32. The fraction of sp³-hybridized carbons (Fsp3) is 0.0769. The van der Waals surface area contributed by atoms with Crippen LogP contribution in [-0.2, 0) is 0 Å². The van der Waals surface area contributed by atoms with Crippen LogP contribution >= 0.6 is 22.9 Å². The van der Waals surface area contributed by atoms with Crippen LogP contribution in [0.4, 0.5) is 4.39 Å². The van der Waals surface area contributed by atoms with Crippen molar-refractivity contribution >= 4 is 27.9 Å². The lowest BCUT2D eigenvalue weighted by atomic mass is 10.2. The number of hydrogen-bond acceptors (Lipinski definition) is 5. The summed E-state index contributed by atoms with van der Waals surface area (Å²) in [4.78, 5) is 0.569. The zero-order valence-corrected chi connectivity index (χ0v) is 12.8. The molecule has 1 N–H and O–H groups in total. The molecule has 0 aliphatic carbocycles. The average molecular weight is 335 g/mol. The predicted octanol–water partition coefficient (Wildman–Crippen LogP) is 3.34. The van der Waals surface area contributed by atoms with Crippen molar-refractivity contribution in [1.82, 2.24) is 30.0 Å². The molecule has 4 aromatic rings. The highest BCUT2D eigenvalue weighted by Crippen LogP contribution is 2.29. The molecule has 4 rings (SSSR count). The third-order valence-corrected chi connectivity index (χ3v) is 4.24. The van der Waals surface area contributed by atoms with Gasteiger partial charge in [0.15, 0.2) is 10.8 Å². The van der Waals surface area contributed by atoms with Gasteiger partial charge in [-0.2, -0.15) is 14.7 Å². The predicted molar refractivity (Wildman–Crippen MR) is 81.4 cm³/mol. The lowest BCUT2D eigenvalue weighted by Crippen LogP contribution is -1.93. The van der Waals surface area contributed by atoms with Crippen molar-refractivity contribution in [3.8, 4) is 22.1 Å². The molecule has 0 fully saturated rings. The van der Waals surface area contributed by atoms with E-state index in [0.29, 0.717) is 26.4 Å². The van der Waals surface area contributed by atoms with Gasteiger partial charge < -0.3 is 0 Å². The van der Waals surface area contributed by atoms with Crippen molar-refractivity contribution in [2.24, 2.45) is 0 Å². The van der Waals surface area contributed by atoms with Crippen LogP contribution in [0.15, 0.2) is 24.3 Å². The molecule has 0 amide bonds. The number of H-pyrrole nitrogens is 1. The topological polar surface area (TPSA) is 71.8 Å². The summed E-state index contributed by atoms with van der Waals surface area (Å²) in [7, 11) is 0. The van der Waals surface area contributed by atoms with Crippen LogP contribution in [0.2, 0.25) is 5.02 Å². The van der Waals surface area contributed by atoms with Gasteiger partial charge >= 0.3 is 0 Å². The van der Waals surface area contributed by atoms with E-state index in [1.165, 1.54) is 21.9 Å². The summed E-state index contributed by atoms with van der Waals surface area (Å²) in [6, 6.07) is 6.29. The summed E-state index contributed by atoms with van der Waals surface area (Å²) in [5, 5.41) is 20.5. The van der Waals surface area contributed by atoms with Crippen molar-refractivity contribution in [3.63, 3.8) is 0 Å². The molecule has 0 saturated heterocycles. The van der Waals surface area contributed by atoms with E-state index in [1.807, 2.05) is 13.0 Å². The highest BCUT2D eigenvalue weighted by atomic mass is 35.5. The first-order chi connectivity index (χ1) is 10.6. The summed E-state index contributed by atoms with van der Waals surface area (Å²) in [6.45, 7) is 1.91. The van der Waals surface area contributed by atoms with Crippen molar-refractivity contribution in [2.75, 3.05) is 0 Å². The highest BCUT2D eigenvalue weighted by Gasteiger charge is 2.18. The first kappa shape index (κ1) is 13.4. The van der Waals surface area contributed by atoms with E-state index in [9.17, 15) is 4.39 Å². The van der Waals surface area contributed by atoms with Crippen molar-refractivity contribution in [3.05, 3.63) is 40.8 Å². The molecule has 6 nitrogen and oxygen atoms in total. The number of benzene rings is 1. The van der Waals surface area contributed by atoms with E-state index in [-0.39, 0.29) is 0 Å². The van der Waals surface area contributed by atoms with Crippen LogP contribution in [0.5, 0.6) is 0 Å². The Balaban J connectivity index is 1.87. The maximum absolute atomic E-state index is 14.1. The molecular weight excluding hydrogens is 327 g/mol. The third-order valence-electron chi connectivity index (χ3n) is 3.09. The second kappa shape index (κ2) is 4.85. The number of aromatic nitrogens is 6. The Bertz CT molecular complexity index is 988. The Kier molecular flexibility index (Phi) is 2.95. The van der Waals surface area contributed by atoms with E-state index in [1.54, 1.807) is 12.1 Å². The molecule has 22 heavy (non-hydrogen) atoms. The van der Waals surface area contributed by atoms with Crippen LogP contribution in [0.25, 0.3) is 27.1 Å². The normalized spacial score (nSPS) is 11.4. The van der Waals surface area contributed by atoms with Gasteiger partial charge in [-0.05, 0) is 31.2 Å². The van der Waals surface area contributed by atoms with Crippen LogP contribution in [-0.4, -0.2) is 30.0 Å². The van der Waals surface area contributed by atoms with Gasteiger partial charge in [-0.25, -0.2) is 4.39 Å². The van der Waals surface area contributed by atoms with Gasteiger partial charge in [0.05, 0.1) is 5.56 Å². The maximum Gasteiger partial charge on any atom is 0.235 e. The summed E-state index contributed by atoms with van der Waals surface area (Å²) in [5.41, 5.74) is 1.95. The minimum atomic E-state index is -0.466. The maximum atomic E-state index is 14.1. The molecule has 0 aliphatic rings. The first-order valence-electron chi connectivity index (χ1n) is 6.32. The quantitative estimate of drug-likeness (QED) is 0.610. The monoisotopic (exact) mass is 334 g/mol. The molecule has 0 unspecified atom stereocenters. The first-order valence-corrected chi connectivity index (χ1v) is 7.51. The molecule has 110 valence electrons. The average Bonchev–Trinajstić information content (AvgIpc) is 3.14. The Morgan fingerprint density at radius 1 is 1.27 bits per heavy atom. The van der Waals surface area contributed by atoms with E-state index in [2.05, 4.69) is 25.5 Å². The standard InChI is InChI=1S/C13H8ClFN6S/c1-6-4-10(17-16-6)12-20-21-11(18-19-13(21)22-12)8-3-2-7(14)5-9(8)15/h2-5H,1H3,(H,16,17). The lowest BCUT2D eigenvalue weighted by Gasteiger charge is -1.99. The van der Waals surface area contributed by atoms with Gasteiger partial charge in [0, 0.05) is 10.7 Å². The number of halogens is 2. The molecule has 1 aromatic carbocycles. The smallest absolute Gasteiger partial charge is 0.235 e. The molecule has 9 heteroatoms. The van der Waals surface area contributed by atoms with E-state index in [0.717, 1.165) is 11.4 Å². The third kappa shape index (κ3) is 2.08. The van der Waals surface area contributed by atoms with Crippen molar-refractivity contribution in [1.29, 1.82) is 0 Å². The summed E-state index contributed by atoms with van der Waals surface area (Å²) < 4.78 is 15.6. The van der Waals surface area contributed by atoms with Gasteiger partial charge in [-0.3, -0.25) is 5.10 Å². The largest absolute Gasteiger partial charge is 0.282 e. The van der Waals surface area contributed by atoms with Gasteiger partial charge in [-0.1, -0.05) is 22.9 Å². The lowest BCUT2D eigenvalue weighted by molar-refractivity contribution is 0.629. The van der Waals surface area contributed by atoms with Crippen molar-refractivity contribution in [2.45, 2.75) is 6.92 Å². The second-order valence-electron chi connectivity index (χ2n) is 4.69. The number of aromatic amines is 1. The van der Waals surface area contributed by atoms with Crippen LogP contribution in [0, 0.1) is 12.7 Å². The van der Waals surface area contributed by atoms with E-state index in [4.69, 9.17) is 11.6 Å². The van der Waals surface area contributed by atoms with Crippen molar-refractivity contribution < 1.29 is 4.39 Å². The number of fused-ring (bicyclic) bond motifs is 1. The zero-order chi connectivity index (χ0) is 15.3. The van der Waals surface area contributed by atoms with Crippen LogP contribution in [0.3, 0.4) is 0 Å². The Labute approximate surface area is 132 Å². The molecule has 0 bridgehead atoms. The number of hydrogen-bond donors (Lipinski definition) is 1. The highest BCUT2D eigenvalue weighted by molar-refractivity contribution is 7.19. The molecule has 0 aliphatic heterocycles. The summed E-state index contributed by atoms with van der Waals surface area (Å²) >= 11 is 7.11. The number of aryl methyl sites for hydroxylation is 1. The van der Waals surface area contributed by atoms with Crippen LogP contribution in [0.1, 0.15) is 5.69 Å². The van der Waals surface area contributed by atoms with Gasteiger partial charge in [-0.15, -0.1) is 10.2 Å². The van der Waals surface area contributed by atoms with E-state index >= 15 is 0 Å². The van der Waals surface area contributed by atoms with Gasteiger partial charge in [0.1, 0.15) is 11.5 Å². The van der Waals surface area contributed by atoms with Gasteiger partial charge in [0.25, 0.3) is 0 Å². The second-order valence-corrected chi connectivity index (χ2v) is 6.08. The number of nitrogens with zero attached hydrogens (tertiary/aromatic N) is 5. The Morgan fingerprint density at radius 3 is 2.86 bits per heavy atom. The molecule has 3 heterocycles. The zero-order valence-electron chi connectivity index (χ0n) is 11.2. The minimum absolute atomic E-state index is 0.298. The fourth-order valence-electron chi connectivity index (χ4n) is 2.09. The minimum Gasteiger partial charge on any atom is -0.282 e. The van der Waals surface area contributed by atoms with Crippen LogP contribution < -0.4 is 0 Å². The summed E-state index contributed by atoms with van der Waals surface area (Å²) in [6.07, 6.45) is 0. The number of nitrogens with one attached hydrogen (secondary N) is 1. The Morgan fingerprint density at radius 2 is 2.14 bits per heavy atom. The number of rotatable bonds is 2. The summed E-state index contributed by atoms with van der Waals surface area (Å²) in [5.74, 6) is -0.133. The van der Waals surface area contributed by atoms with Gasteiger partial charge in [0.2, 0.25) is 4.96 Å². The van der Waals surface area contributed by atoms with E-state index < -0.39 is 5.82 Å². The molecular formula is C13H8ClFN6S.